The molecule has 0 saturated carbocycles. The Morgan fingerprint density at radius 2 is 2.03 bits per heavy atom. The highest BCUT2D eigenvalue weighted by atomic mass is 32.1. The highest BCUT2D eigenvalue weighted by molar-refractivity contribution is 7.80. The van der Waals surface area contributed by atoms with Crippen LogP contribution in [0.25, 0.3) is 0 Å². The minimum absolute atomic E-state index is 0.308. The molecule has 7 nitrogen and oxygen atoms in total. The molecule has 5 rings (SSSR count). The molecular weight excluding hydrogens is 384 g/mol. The molecule has 3 aliphatic rings. The van der Waals surface area contributed by atoms with Crippen molar-refractivity contribution >= 4 is 28.9 Å². The number of thiocarbonyl (C=S) groups is 1. The number of nitrogens with zero attached hydrogens (tertiary/aromatic N) is 5. The minimum atomic E-state index is 0.308. The first-order valence-electron chi connectivity index (χ1n) is 9.97. The third-order valence-corrected chi connectivity index (χ3v) is 6.33. The second-order valence-electron chi connectivity index (χ2n) is 8.11. The number of rotatable bonds is 3. The van der Waals surface area contributed by atoms with Crippen molar-refractivity contribution in [3.05, 3.63) is 47.9 Å². The molecule has 1 aliphatic carbocycles. The number of ether oxygens (including phenoxy) is 1. The van der Waals surface area contributed by atoms with Gasteiger partial charge in [0.2, 0.25) is 0 Å². The largest absolute Gasteiger partial charge is 0.497 e. The lowest BCUT2D eigenvalue weighted by molar-refractivity contribution is 0.0283. The summed E-state index contributed by atoms with van der Waals surface area (Å²) in [4.78, 5) is 13.4. The van der Waals surface area contributed by atoms with E-state index in [0.29, 0.717) is 10.5 Å². The summed E-state index contributed by atoms with van der Waals surface area (Å²) in [5.74, 6) is 1.82. The summed E-state index contributed by atoms with van der Waals surface area (Å²) in [5, 5.41) is 5.29. The van der Waals surface area contributed by atoms with E-state index in [-0.39, 0.29) is 0 Å². The van der Waals surface area contributed by atoms with Gasteiger partial charge in [-0.1, -0.05) is 6.07 Å². The van der Waals surface area contributed by atoms with Crippen LogP contribution < -0.4 is 15.1 Å². The Labute approximate surface area is 175 Å². The van der Waals surface area contributed by atoms with E-state index < -0.39 is 0 Å². The molecule has 2 aliphatic heterocycles. The number of hydrogen-bond donors (Lipinski definition) is 1. The third kappa shape index (κ3) is 3.42. The molecule has 4 heterocycles. The monoisotopic (exact) mass is 408 g/mol. The lowest BCUT2D eigenvalue weighted by Crippen LogP contribution is -2.73. The van der Waals surface area contributed by atoms with Gasteiger partial charge in [0.15, 0.2) is 5.11 Å². The maximum absolute atomic E-state index is 5.57. The van der Waals surface area contributed by atoms with E-state index in [2.05, 4.69) is 36.4 Å². The van der Waals surface area contributed by atoms with E-state index in [4.69, 9.17) is 17.0 Å². The van der Waals surface area contributed by atoms with Gasteiger partial charge in [-0.2, -0.15) is 5.10 Å². The van der Waals surface area contributed by atoms with Gasteiger partial charge in [-0.3, -0.25) is 10.4 Å². The summed E-state index contributed by atoms with van der Waals surface area (Å²) in [5.41, 5.74) is 6.69. The molecule has 2 aromatic heterocycles. The SMILES string of the molecule is COc1ccnc(N2CC3(CN(C(=S)N/N=C4\CCCc5cccnc54)C3)C2)c1. The van der Waals surface area contributed by atoms with Gasteiger partial charge in [0.05, 0.1) is 18.5 Å². The van der Waals surface area contributed by atoms with Crippen molar-refractivity contribution in [1.82, 2.24) is 20.3 Å². The lowest BCUT2D eigenvalue weighted by Gasteiger charge is -2.60. The fourth-order valence-corrected chi connectivity index (χ4v) is 4.67. The number of pyridine rings is 2. The number of aromatic nitrogens is 2. The molecule has 8 heteroatoms. The normalized spacial score (nSPS) is 20.7. The van der Waals surface area contributed by atoms with Crippen LogP contribution in [-0.4, -0.2) is 59.0 Å². The maximum atomic E-state index is 5.57. The number of fused-ring (bicyclic) bond motifs is 1. The Bertz CT molecular complexity index is 963. The Morgan fingerprint density at radius 1 is 1.17 bits per heavy atom. The first-order valence-corrected chi connectivity index (χ1v) is 10.4. The number of methoxy groups -OCH3 is 1. The molecule has 2 fully saturated rings. The summed E-state index contributed by atoms with van der Waals surface area (Å²) in [6.45, 7) is 3.91. The van der Waals surface area contributed by atoms with Gasteiger partial charge in [0.1, 0.15) is 11.6 Å². The molecule has 2 saturated heterocycles. The van der Waals surface area contributed by atoms with Crippen LogP contribution in [-0.2, 0) is 6.42 Å². The molecule has 0 bridgehead atoms. The predicted octanol–water partition coefficient (Wildman–Crippen LogP) is 2.22. The molecule has 2 aromatic rings. The van der Waals surface area contributed by atoms with E-state index in [1.165, 1.54) is 5.56 Å². The molecular formula is C21H24N6OS. The number of hydrogen-bond acceptors (Lipinski definition) is 6. The van der Waals surface area contributed by atoms with E-state index in [1.54, 1.807) is 13.3 Å². The van der Waals surface area contributed by atoms with Crippen LogP contribution in [0.2, 0.25) is 0 Å². The number of nitrogens with one attached hydrogen (secondary N) is 1. The van der Waals surface area contributed by atoms with Crippen LogP contribution >= 0.6 is 12.2 Å². The molecule has 0 unspecified atom stereocenters. The van der Waals surface area contributed by atoms with E-state index in [9.17, 15) is 0 Å². The molecule has 0 amide bonds. The topological polar surface area (TPSA) is 65.9 Å². The highest BCUT2D eigenvalue weighted by Crippen LogP contribution is 2.41. The summed E-state index contributed by atoms with van der Waals surface area (Å²) >= 11 is 5.57. The van der Waals surface area contributed by atoms with Crippen molar-refractivity contribution in [2.45, 2.75) is 19.3 Å². The van der Waals surface area contributed by atoms with E-state index >= 15 is 0 Å². The Morgan fingerprint density at radius 3 is 2.86 bits per heavy atom. The van der Waals surface area contributed by atoms with Crippen molar-refractivity contribution in [2.24, 2.45) is 10.5 Å². The highest BCUT2D eigenvalue weighted by Gasteiger charge is 2.52. The summed E-state index contributed by atoms with van der Waals surface area (Å²) in [6.07, 6.45) is 6.73. The fourth-order valence-electron chi connectivity index (χ4n) is 4.49. The van der Waals surface area contributed by atoms with Crippen molar-refractivity contribution in [1.29, 1.82) is 0 Å². The van der Waals surface area contributed by atoms with Crippen molar-refractivity contribution in [2.75, 3.05) is 38.2 Å². The standard InChI is InChI=1S/C21H24N6OS/c1-28-16-7-9-22-18(10-16)26-11-21(12-26)13-27(14-21)20(29)25-24-17-6-2-4-15-5-3-8-23-19(15)17/h3,5,7-10H,2,4,6,11-14H2,1H3,(H,25,29)/b24-17+. The van der Waals surface area contributed by atoms with Crippen LogP contribution in [0.5, 0.6) is 5.75 Å². The summed E-state index contributed by atoms with van der Waals surface area (Å²) in [6, 6.07) is 7.98. The number of likely N-dealkylation sites (tertiary alicyclic amines) is 1. The number of anilines is 1. The fraction of sp³-hybridized carbons (Fsp3) is 0.429. The van der Waals surface area contributed by atoms with Gasteiger partial charge in [-0.25, -0.2) is 4.98 Å². The maximum Gasteiger partial charge on any atom is 0.189 e. The van der Waals surface area contributed by atoms with Crippen molar-refractivity contribution < 1.29 is 4.74 Å². The van der Waals surface area contributed by atoms with Gasteiger partial charge in [-0.05, 0) is 49.2 Å². The third-order valence-electron chi connectivity index (χ3n) is 5.98. The molecule has 1 N–H and O–H groups in total. The average Bonchev–Trinajstić information content (AvgIpc) is 2.70. The van der Waals surface area contributed by atoms with Gasteiger partial charge in [0.25, 0.3) is 0 Å². The first-order chi connectivity index (χ1) is 14.2. The quantitative estimate of drug-likeness (QED) is 0.617. The zero-order valence-electron chi connectivity index (χ0n) is 16.5. The second-order valence-corrected chi connectivity index (χ2v) is 8.49. The molecule has 29 heavy (non-hydrogen) atoms. The molecule has 1 spiro atoms. The predicted molar refractivity (Wildman–Crippen MR) is 116 cm³/mol. The van der Waals surface area contributed by atoms with E-state index in [1.807, 2.05) is 24.4 Å². The van der Waals surface area contributed by atoms with Crippen LogP contribution in [0.3, 0.4) is 0 Å². The van der Waals surface area contributed by atoms with Crippen LogP contribution in [0.1, 0.15) is 24.1 Å². The number of aryl methyl sites for hydroxylation is 1. The van der Waals surface area contributed by atoms with E-state index in [0.717, 1.165) is 68.4 Å². The molecule has 0 atom stereocenters. The molecule has 0 aromatic carbocycles. The van der Waals surface area contributed by atoms with Gasteiger partial charge in [0, 0.05) is 50.1 Å². The van der Waals surface area contributed by atoms with Crippen LogP contribution in [0.4, 0.5) is 5.82 Å². The zero-order valence-corrected chi connectivity index (χ0v) is 17.3. The summed E-state index contributed by atoms with van der Waals surface area (Å²) in [7, 11) is 1.68. The average molecular weight is 409 g/mol. The smallest absolute Gasteiger partial charge is 0.189 e. The number of hydrazone groups is 1. The molecule has 150 valence electrons. The first kappa shape index (κ1) is 18.3. The Balaban J connectivity index is 1.15. The Kier molecular flexibility index (Phi) is 4.58. The van der Waals surface area contributed by atoms with Gasteiger partial charge < -0.3 is 14.5 Å². The lowest BCUT2D eigenvalue weighted by atomic mass is 9.73. The van der Waals surface area contributed by atoms with Crippen LogP contribution in [0.15, 0.2) is 41.8 Å². The zero-order chi connectivity index (χ0) is 19.8. The minimum Gasteiger partial charge on any atom is -0.497 e. The van der Waals surface area contributed by atoms with Gasteiger partial charge in [-0.15, -0.1) is 0 Å². The Hall–Kier alpha value is -2.74. The van der Waals surface area contributed by atoms with Crippen LogP contribution in [0, 0.1) is 5.41 Å². The molecule has 0 radical (unpaired) electrons. The summed E-state index contributed by atoms with van der Waals surface area (Å²) < 4.78 is 5.30. The van der Waals surface area contributed by atoms with Crippen molar-refractivity contribution in [3.63, 3.8) is 0 Å². The van der Waals surface area contributed by atoms with Gasteiger partial charge >= 0.3 is 0 Å². The van der Waals surface area contributed by atoms with Crippen molar-refractivity contribution in [3.8, 4) is 5.75 Å². The second kappa shape index (κ2) is 7.26.